The maximum atomic E-state index is 12.3. The highest BCUT2D eigenvalue weighted by Gasteiger charge is 2.31. The summed E-state index contributed by atoms with van der Waals surface area (Å²) < 4.78 is 42.6. The lowest BCUT2D eigenvalue weighted by Crippen LogP contribution is -2.38. The second-order valence-corrected chi connectivity index (χ2v) is 6.69. The van der Waals surface area contributed by atoms with Crippen LogP contribution < -0.4 is 16.2 Å². The highest BCUT2D eigenvalue weighted by atomic mass is 19.4. The van der Waals surface area contributed by atoms with Gasteiger partial charge in [-0.15, -0.1) is 13.2 Å². The van der Waals surface area contributed by atoms with Gasteiger partial charge in [0.2, 0.25) is 5.91 Å². The number of amides is 1. The van der Waals surface area contributed by atoms with Crippen molar-refractivity contribution in [1.82, 2.24) is 14.7 Å². The van der Waals surface area contributed by atoms with Crippen LogP contribution in [0.1, 0.15) is 24.4 Å². The molecule has 1 aliphatic rings. The highest BCUT2D eigenvalue weighted by Crippen LogP contribution is 2.33. The van der Waals surface area contributed by atoms with Gasteiger partial charge >= 0.3 is 6.36 Å². The van der Waals surface area contributed by atoms with Gasteiger partial charge in [-0.3, -0.25) is 4.79 Å². The van der Waals surface area contributed by atoms with Crippen LogP contribution >= 0.6 is 0 Å². The van der Waals surface area contributed by atoms with Gasteiger partial charge in [0, 0.05) is 30.8 Å². The largest absolute Gasteiger partial charge is 0.573 e. The summed E-state index contributed by atoms with van der Waals surface area (Å²) in [6.45, 7) is 4.76. The highest BCUT2D eigenvalue weighted by molar-refractivity contribution is 5.87. The van der Waals surface area contributed by atoms with Crippen molar-refractivity contribution in [1.29, 1.82) is 0 Å². The first kappa shape index (κ1) is 20.7. The van der Waals surface area contributed by atoms with Crippen LogP contribution in [-0.2, 0) is 11.3 Å². The Hall–Kier alpha value is -3.01. The first-order valence-electron chi connectivity index (χ1n) is 9.08. The van der Waals surface area contributed by atoms with Crippen LogP contribution in [0.2, 0.25) is 0 Å². The molecule has 2 aromatic rings. The minimum atomic E-state index is -4.75. The summed E-state index contributed by atoms with van der Waals surface area (Å²) in [6, 6.07) is 5.40. The molecule has 3 rings (SSSR count). The van der Waals surface area contributed by atoms with E-state index in [2.05, 4.69) is 16.4 Å². The summed E-state index contributed by atoms with van der Waals surface area (Å²) >= 11 is 0. The van der Waals surface area contributed by atoms with Crippen molar-refractivity contribution in [2.24, 2.45) is 5.73 Å². The topological polar surface area (TPSA) is 99.4 Å². The van der Waals surface area contributed by atoms with Crippen LogP contribution in [0, 0.1) is 0 Å². The fraction of sp³-hybridized carbons (Fsp3) is 0.368. The predicted molar refractivity (Wildman–Crippen MR) is 102 cm³/mol. The third kappa shape index (κ3) is 4.53. The lowest BCUT2D eigenvalue weighted by atomic mass is 10.0. The van der Waals surface area contributed by atoms with Gasteiger partial charge < -0.3 is 21.1 Å². The Morgan fingerprint density at radius 3 is 2.41 bits per heavy atom. The van der Waals surface area contributed by atoms with Crippen LogP contribution in [0.5, 0.6) is 5.75 Å². The zero-order valence-electron chi connectivity index (χ0n) is 15.7. The number of piperidine rings is 1. The minimum Gasteiger partial charge on any atom is -0.406 e. The Bertz CT molecular complexity index is 884. The van der Waals surface area contributed by atoms with E-state index < -0.39 is 6.36 Å². The Balaban J connectivity index is 1.83. The van der Waals surface area contributed by atoms with Gasteiger partial charge in [-0.25, -0.2) is 4.68 Å². The number of anilines is 1. The van der Waals surface area contributed by atoms with E-state index in [0.29, 0.717) is 48.6 Å². The molecule has 1 amide bonds. The van der Waals surface area contributed by atoms with Crippen LogP contribution in [0.15, 0.2) is 36.9 Å². The number of likely N-dealkylation sites (tertiary alicyclic amines) is 1. The fourth-order valence-corrected chi connectivity index (χ4v) is 3.47. The number of nitrogen functional groups attached to an aromatic ring is 1. The molecule has 0 unspecified atom stereocenters. The van der Waals surface area contributed by atoms with Gasteiger partial charge in [0.15, 0.2) is 0 Å². The van der Waals surface area contributed by atoms with Gasteiger partial charge in [0.25, 0.3) is 0 Å². The Kier molecular flexibility index (Phi) is 5.83. The van der Waals surface area contributed by atoms with E-state index in [9.17, 15) is 18.0 Å². The second kappa shape index (κ2) is 8.16. The van der Waals surface area contributed by atoms with Gasteiger partial charge in [-0.05, 0) is 43.2 Å². The maximum Gasteiger partial charge on any atom is 0.573 e. The van der Waals surface area contributed by atoms with Crippen molar-refractivity contribution in [3.05, 3.63) is 42.5 Å². The molecule has 0 saturated carbocycles. The van der Waals surface area contributed by atoms with Crippen molar-refractivity contribution < 1.29 is 22.7 Å². The van der Waals surface area contributed by atoms with E-state index in [1.807, 2.05) is 0 Å². The van der Waals surface area contributed by atoms with Gasteiger partial charge in [-0.1, -0.05) is 6.58 Å². The number of nitrogens with two attached hydrogens (primary N) is 2. The monoisotopic (exact) mass is 409 g/mol. The van der Waals surface area contributed by atoms with Crippen LogP contribution in [0.3, 0.4) is 0 Å². The maximum absolute atomic E-state index is 12.3. The number of rotatable bonds is 5. The van der Waals surface area contributed by atoms with Gasteiger partial charge in [-0.2, -0.15) is 5.10 Å². The summed E-state index contributed by atoms with van der Waals surface area (Å²) in [6.07, 6.45) is -2.11. The summed E-state index contributed by atoms with van der Waals surface area (Å²) in [7, 11) is 0. The van der Waals surface area contributed by atoms with E-state index >= 15 is 0 Å². The zero-order valence-corrected chi connectivity index (χ0v) is 15.7. The van der Waals surface area contributed by atoms with Crippen LogP contribution in [0.25, 0.3) is 11.3 Å². The molecule has 7 nitrogen and oxygen atoms in total. The zero-order chi connectivity index (χ0) is 21.2. The van der Waals surface area contributed by atoms with Crippen molar-refractivity contribution in [2.75, 3.05) is 18.8 Å². The quantitative estimate of drug-likeness (QED) is 0.740. The molecule has 2 heterocycles. The number of benzene rings is 1. The summed E-state index contributed by atoms with van der Waals surface area (Å²) in [5.74, 6) is -0.00443. The standard InChI is InChI=1S/C19H22F3N5O2/c1-2-16(28)26-9-7-13(8-10-26)27-18(24)15(11-23)17(25-27)12-3-5-14(6-4-12)29-19(20,21)22/h2-6,13H,1,7-11,23-24H2. The molecule has 0 aliphatic carbocycles. The van der Waals surface area contributed by atoms with E-state index in [1.165, 1.54) is 30.3 Å². The average Bonchev–Trinajstić information content (AvgIpc) is 3.03. The molecular formula is C19H22F3N5O2. The third-order valence-corrected chi connectivity index (χ3v) is 4.91. The molecule has 0 radical (unpaired) electrons. The van der Waals surface area contributed by atoms with Crippen molar-refractivity contribution in [3.63, 3.8) is 0 Å². The number of halogens is 3. The van der Waals surface area contributed by atoms with Gasteiger partial charge in [0.05, 0.1) is 11.7 Å². The SMILES string of the molecule is C=CC(=O)N1CCC(n2nc(-c3ccc(OC(F)(F)F)cc3)c(CN)c2N)CC1. The molecule has 10 heteroatoms. The van der Waals surface area contributed by atoms with Crippen molar-refractivity contribution in [3.8, 4) is 17.0 Å². The van der Waals surface area contributed by atoms with Crippen molar-refractivity contribution in [2.45, 2.75) is 31.8 Å². The molecule has 4 N–H and O–H groups in total. The summed E-state index contributed by atoms with van der Waals surface area (Å²) in [5, 5.41) is 4.59. The number of carbonyl (C=O) groups excluding carboxylic acids is 1. The first-order valence-corrected chi connectivity index (χ1v) is 9.08. The lowest BCUT2D eigenvalue weighted by Gasteiger charge is -2.31. The second-order valence-electron chi connectivity index (χ2n) is 6.69. The van der Waals surface area contributed by atoms with Crippen LogP contribution in [0.4, 0.5) is 19.0 Å². The Morgan fingerprint density at radius 1 is 1.28 bits per heavy atom. The summed E-state index contributed by atoms with van der Waals surface area (Å²) in [4.78, 5) is 13.5. The normalized spacial score (nSPS) is 15.4. The smallest absolute Gasteiger partial charge is 0.406 e. The Morgan fingerprint density at radius 2 is 1.90 bits per heavy atom. The molecule has 0 bridgehead atoms. The number of hydrogen-bond acceptors (Lipinski definition) is 5. The van der Waals surface area contributed by atoms with E-state index in [-0.39, 0.29) is 24.2 Å². The third-order valence-electron chi connectivity index (χ3n) is 4.91. The molecule has 1 aliphatic heterocycles. The predicted octanol–water partition coefficient (Wildman–Crippen LogP) is 2.84. The molecular weight excluding hydrogens is 387 g/mol. The van der Waals surface area contributed by atoms with E-state index in [1.54, 1.807) is 9.58 Å². The molecule has 29 heavy (non-hydrogen) atoms. The lowest BCUT2D eigenvalue weighted by molar-refractivity contribution is -0.274. The molecule has 156 valence electrons. The number of hydrogen-bond donors (Lipinski definition) is 2. The molecule has 0 spiro atoms. The molecule has 0 atom stereocenters. The fourth-order valence-electron chi connectivity index (χ4n) is 3.47. The first-order chi connectivity index (χ1) is 13.7. The van der Waals surface area contributed by atoms with E-state index in [0.717, 1.165) is 0 Å². The minimum absolute atomic E-state index is 0.00393. The number of aromatic nitrogens is 2. The Labute approximate surface area is 165 Å². The molecule has 1 aromatic heterocycles. The number of carbonyl (C=O) groups is 1. The molecule has 1 saturated heterocycles. The summed E-state index contributed by atoms with van der Waals surface area (Å²) in [5.41, 5.74) is 13.9. The number of alkyl halides is 3. The van der Waals surface area contributed by atoms with Crippen LogP contribution in [-0.4, -0.2) is 40.0 Å². The van der Waals surface area contributed by atoms with E-state index in [4.69, 9.17) is 11.5 Å². The van der Waals surface area contributed by atoms with Gasteiger partial charge in [0.1, 0.15) is 11.6 Å². The number of nitrogens with zero attached hydrogens (tertiary/aromatic N) is 3. The van der Waals surface area contributed by atoms with Crippen molar-refractivity contribution >= 4 is 11.7 Å². The molecule has 1 fully saturated rings. The molecule has 1 aromatic carbocycles. The number of ether oxygens (including phenoxy) is 1. The average molecular weight is 409 g/mol.